The molecule has 6 heteroatoms. The molecule has 1 saturated heterocycles. The number of alkyl halides is 1. The molecule has 2 rings (SSSR count). The van der Waals surface area contributed by atoms with E-state index < -0.39 is 6.17 Å². The topological polar surface area (TPSA) is 41.1 Å². The summed E-state index contributed by atoms with van der Waals surface area (Å²) >= 11 is 9.14. The maximum absolute atomic E-state index is 12.9. The molecule has 0 aliphatic carbocycles. The van der Waals surface area contributed by atoms with Gasteiger partial charge >= 0.3 is 0 Å². The summed E-state index contributed by atoms with van der Waals surface area (Å²) < 4.78 is 13.6. The van der Waals surface area contributed by atoms with Gasteiger partial charge in [-0.2, -0.15) is 0 Å². The van der Waals surface area contributed by atoms with Crippen LogP contribution in [0.15, 0.2) is 22.7 Å². The van der Waals surface area contributed by atoms with Crippen LogP contribution in [0.1, 0.15) is 16.8 Å². The van der Waals surface area contributed by atoms with E-state index in [9.17, 15) is 9.18 Å². The number of carbonyl (C=O) groups is 1. The zero-order valence-electron chi connectivity index (χ0n) is 9.55. The van der Waals surface area contributed by atoms with Gasteiger partial charge in [-0.1, -0.05) is 11.6 Å². The van der Waals surface area contributed by atoms with Crippen LogP contribution in [0.2, 0.25) is 5.02 Å². The van der Waals surface area contributed by atoms with Gasteiger partial charge in [0.2, 0.25) is 0 Å². The lowest BCUT2D eigenvalue weighted by molar-refractivity contribution is 0.0949. The van der Waals surface area contributed by atoms with Crippen LogP contribution in [0.3, 0.4) is 0 Å². The molecular formula is C12H13BrClFN2O. The molecule has 1 heterocycles. The highest BCUT2D eigenvalue weighted by Crippen LogP contribution is 2.21. The van der Waals surface area contributed by atoms with Gasteiger partial charge in [0.1, 0.15) is 6.17 Å². The standard InChI is InChI=1S/C12H13BrClFN2O/c13-11-2-1-7(14)3-10(11)12(18)17-6-9-4-8(15)5-16-9/h1-3,8-9,16H,4-6H2,(H,17,18)/t8-,9-/m0/s1. The fourth-order valence-corrected chi connectivity index (χ4v) is 2.51. The van der Waals surface area contributed by atoms with Gasteiger partial charge in [0.05, 0.1) is 5.56 Å². The van der Waals surface area contributed by atoms with Gasteiger partial charge in [-0.15, -0.1) is 0 Å². The summed E-state index contributed by atoms with van der Waals surface area (Å²) in [4.78, 5) is 11.9. The van der Waals surface area contributed by atoms with Crippen molar-refractivity contribution in [3.63, 3.8) is 0 Å². The minimum atomic E-state index is -0.815. The Labute approximate surface area is 118 Å². The zero-order valence-corrected chi connectivity index (χ0v) is 11.9. The number of amides is 1. The molecule has 0 aromatic heterocycles. The molecule has 1 aromatic carbocycles. The number of hydrogen-bond donors (Lipinski definition) is 2. The molecule has 18 heavy (non-hydrogen) atoms. The molecule has 0 unspecified atom stereocenters. The van der Waals surface area contributed by atoms with Gasteiger partial charge in [0, 0.05) is 28.6 Å². The van der Waals surface area contributed by atoms with Crippen molar-refractivity contribution in [1.82, 2.24) is 10.6 Å². The van der Waals surface area contributed by atoms with Crippen molar-refractivity contribution in [1.29, 1.82) is 0 Å². The highest BCUT2D eigenvalue weighted by Gasteiger charge is 2.23. The first-order valence-electron chi connectivity index (χ1n) is 5.67. The van der Waals surface area contributed by atoms with Crippen LogP contribution in [0.5, 0.6) is 0 Å². The Balaban J connectivity index is 1.93. The number of hydrogen-bond acceptors (Lipinski definition) is 2. The van der Waals surface area contributed by atoms with Crippen LogP contribution in [-0.4, -0.2) is 31.2 Å². The summed E-state index contributed by atoms with van der Waals surface area (Å²) in [6.07, 6.45) is -0.374. The molecular weight excluding hydrogens is 322 g/mol. The highest BCUT2D eigenvalue weighted by atomic mass is 79.9. The Hall–Kier alpha value is -0.650. The van der Waals surface area contributed by atoms with E-state index in [0.717, 1.165) is 0 Å². The first kappa shape index (κ1) is 13.8. The van der Waals surface area contributed by atoms with E-state index in [0.29, 0.717) is 34.6 Å². The van der Waals surface area contributed by atoms with Crippen LogP contribution < -0.4 is 10.6 Å². The van der Waals surface area contributed by atoms with Crippen molar-refractivity contribution in [3.8, 4) is 0 Å². The molecule has 2 atom stereocenters. The van der Waals surface area contributed by atoms with E-state index in [1.165, 1.54) is 0 Å². The number of rotatable bonds is 3. The third-order valence-corrected chi connectivity index (χ3v) is 3.78. The molecule has 98 valence electrons. The maximum Gasteiger partial charge on any atom is 0.252 e. The molecule has 1 fully saturated rings. The quantitative estimate of drug-likeness (QED) is 0.891. The Bertz CT molecular complexity index is 458. The number of benzene rings is 1. The third-order valence-electron chi connectivity index (χ3n) is 2.85. The van der Waals surface area contributed by atoms with Crippen molar-refractivity contribution in [2.45, 2.75) is 18.6 Å². The predicted octanol–water partition coefficient (Wildman–Crippen LogP) is 2.53. The molecule has 3 nitrogen and oxygen atoms in total. The van der Waals surface area contributed by atoms with Crippen molar-refractivity contribution in [3.05, 3.63) is 33.3 Å². The van der Waals surface area contributed by atoms with Crippen LogP contribution in [-0.2, 0) is 0 Å². The van der Waals surface area contributed by atoms with Crippen LogP contribution in [0, 0.1) is 0 Å². The lowest BCUT2D eigenvalue weighted by Gasteiger charge is -2.12. The molecule has 0 saturated carbocycles. The average Bonchev–Trinajstić information content (AvgIpc) is 2.75. The van der Waals surface area contributed by atoms with E-state index in [1.54, 1.807) is 18.2 Å². The summed E-state index contributed by atoms with van der Waals surface area (Å²) in [7, 11) is 0. The lowest BCUT2D eigenvalue weighted by atomic mass is 10.2. The minimum absolute atomic E-state index is 0.00177. The van der Waals surface area contributed by atoms with E-state index in [4.69, 9.17) is 11.6 Å². The third kappa shape index (κ3) is 3.43. The molecule has 0 radical (unpaired) electrons. The Morgan fingerprint density at radius 1 is 1.61 bits per heavy atom. The van der Waals surface area contributed by atoms with E-state index in [2.05, 4.69) is 26.6 Å². The van der Waals surface area contributed by atoms with E-state index >= 15 is 0 Å². The van der Waals surface area contributed by atoms with Gasteiger partial charge < -0.3 is 10.6 Å². The van der Waals surface area contributed by atoms with Crippen LogP contribution in [0.4, 0.5) is 4.39 Å². The minimum Gasteiger partial charge on any atom is -0.350 e. The molecule has 0 spiro atoms. The van der Waals surface area contributed by atoms with Crippen molar-refractivity contribution < 1.29 is 9.18 Å². The predicted molar refractivity (Wildman–Crippen MR) is 72.8 cm³/mol. The van der Waals surface area contributed by atoms with Crippen molar-refractivity contribution >= 4 is 33.4 Å². The molecule has 2 N–H and O–H groups in total. The first-order valence-corrected chi connectivity index (χ1v) is 6.84. The average molecular weight is 336 g/mol. The molecule has 1 amide bonds. The fraction of sp³-hybridized carbons (Fsp3) is 0.417. The second-order valence-corrected chi connectivity index (χ2v) is 5.56. The molecule has 1 aromatic rings. The van der Waals surface area contributed by atoms with E-state index in [-0.39, 0.29) is 11.9 Å². The van der Waals surface area contributed by atoms with Crippen LogP contribution in [0.25, 0.3) is 0 Å². The monoisotopic (exact) mass is 334 g/mol. The number of nitrogens with one attached hydrogen (secondary N) is 2. The summed E-state index contributed by atoms with van der Waals surface area (Å²) in [5, 5.41) is 6.29. The molecule has 1 aliphatic rings. The second kappa shape index (κ2) is 5.99. The summed E-state index contributed by atoms with van der Waals surface area (Å²) in [5.41, 5.74) is 0.484. The van der Waals surface area contributed by atoms with Gasteiger partial charge in [-0.3, -0.25) is 4.79 Å². The first-order chi connectivity index (χ1) is 8.56. The second-order valence-electron chi connectivity index (χ2n) is 4.27. The van der Waals surface area contributed by atoms with Gasteiger partial charge in [0.25, 0.3) is 5.91 Å². The fourth-order valence-electron chi connectivity index (χ4n) is 1.91. The largest absolute Gasteiger partial charge is 0.350 e. The Morgan fingerprint density at radius 3 is 3.06 bits per heavy atom. The van der Waals surface area contributed by atoms with Gasteiger partial charge in [-0.25, -0.2) is 4.39 Å². The van der Waals surface area contributed by atoms with E-state index in [1.807, 2.05) is 0 Å². The zero-order chi connectivity index (χ0) is 13.1. The normalized spacial score (nSPS) is 23.1. The number of halogens is 3. The summed E-state index contributed by atoms with van der Waals surface area (Å²) in [5.74, 6) is -0.214. The Kier molecular flexibility index (Phi) is 4.59. The summed E-state index contributed by atoms with van der Waals surface area (Å²) in [6, 6.07) is 5.03. The molecule has 0 bridgehead atoms. The smallest absolute Gasteiger partial charge is 0.252 e. The van der Waals surface area contributed by atoms with Crippen LogP contribution >= 0.6 is 27.5 Å². The van der Waals surface area contributed by atoms with Gasteiger partial charge in [-0.05, 0) is 40.5 Å². The SMILES string of the molecule is O=C(NC[C@@H]1C[C@H](F)CN1)c1cc(Cl)ccc1Br. The van der Waals surface area contributed by atoms with Crippen molar-refractivity contribution in [2.75, 3.05) is 13.1 Å². The summed E-state index contributed by atoms with van der Waals surface area (Å²) in [6.45, 7) is 0.777. The highest BCUT2D eigenvalue weighted by molar-refractivity contribution is 9.10. The molecule has 1 aliphatic heterocycles. The maximum atomic E-state index is 12.9. The lowest BCUT2D eigenvalue weighted by Crippen LogP contribution is -2.37. The number of carbonyl (C=O) groups excluding carboxylic acids is 1. The Morgan fingerprint density at radius 2 is 2.39 bits per heavy atom. The van der Waals surface area contributed by atoms with Crippen molar-refractivity contribution in [2.24, 2.45) is 0 Å². The van der Waals surface area contributed by atoms with Gasteiger partial charge in [0.15, 0.2) is 0 Å².